The van der Waals surface area contributed by atoms with Crippen LogP contribution in [0.4, 0.5) is 8.78 Å². The first-order chi connectivity index (χ1) is 12.7. The highest BCUT2D eigenvalue weighted by Crippen LogP contribution is 2.37. The molecule has 1 aliphatic heterocycles. The number of benzene rings is 2. The second-order valence-corrected chi connectivity index (χ2v) is 7.31. The van der Waals surface area contributed by atoms with Crippen molar-refractivity contribution in [1.29, 1.82) is 0 Å². The quantitative estimate of drug-likeness (QED) is 0.313. The standard InChI is InChI=1S/C17H16F2O7S/c18-17(19,27(21,22)23)16(20)25-9-3-8-24-14-7-2-4-11-12(14)5-1-6-13(11)15-10-26-15/h1-2,4-7,15H,3,8-10H2,(H,21,22,23). The maximum absolute atomic E-state index is 13.0. The molecule has 1 unspecified atom stereocenters. The van der Waals surface area contributed by atoms with Gasteiger partial charge in [-0.15, -0.1) is 0 Å². The summed E-state index contributed by atoms with van der Waals surface area (Å²) in [6.45, 7) is 0.230. The number of ether oxygens (including phenoxy) is 3. The summed E-state index contributed by atoms with van der Waals surface area (Å²) in [4.78, 5) is 11.1. The molecule has 0 saturated carbocycles. The predicted molar refractivity (Wildman–Crippen MR) is 90.2 cm³/mol. The zero-order valence-electron chi connectivity index (χ0n) is 13.9. The van der Waals surface area contributed by atoms with E-state index in [1.54, 1.807) is 6.07 Å². The van der Waals surface area contributed by atoms with E-state index in [-0.39, 0.29) is 19.1 Å². The molecule has 0 aliphatic carbocycles. The van der Waals surface area contributed by atoms with E-state index in [0.29, 0.717) is 12.4 Å². The first-order valence-corrected chi connectivity index (χ1v) is 9.44. The summed E-state index contributed by atoms with van der Waals surface area (Å²) in [7, 11) is -5.87. The van der Waals surface area contributed by atoms with Gasteiger partial charge in [-0.05, 0) is 17.0 Å². The third-order valence-corrected chi connectivity index (χ3v) is 4.75. The Balaban J connectivity index is 1.56. The van der Waals surface area contributed by atoms with E-state index < -0.39 is 27.9 Å². The highest BCUT2D eigenvalue weighted by Gasteiger charge is 2.54. The van der Waals surface area contributed by atoms with Crippen molar-refractivity contribution in [3.63, 3.8) is 0 Å². The van der Waals surface area contributed by atoms with Crippen molar-refractivity contribution in [1.82, 2.24) is 0 Å². The topological polar surface area (TPSA) is 102 Å². The number of esters is 1. The first kappa shape index (κ1) is 19.5. The predicted octanol–water partition coefficient (Wildman–Crippen LogP) is 2.70. The molecule has 1 heterocycles. The van der Waals surface area contributed by atoms with E-state index in [1.165, 1.54) is 0 Å². The Hall–Kier alpha value is -2.30. The van der Waals surface area contributed by atoms with Crippen LogP contribution in [0, 0.1) is 0 Å². The zero-order valence-corrected chi connectivity index (χ0v) is 14.7. The second-order valence-electron chi connectivity index (χ2n) is 5.85. The fourth-order valence-electron chi connectivity index (χ4n) is 2.53. The number of carbonyl (C=O) groups is 1. The van der Waals surface area contributed by atoms with Gasteiger partial charge in [0.2, 0.25) is 0 Å². The largest absolute Gasteiger partial charge is 0.493 e. The number of alkyl halides is 2. The van der Waals surface area contributed by atoms with E-state index in [2.05, 4.69) is 4.74 Å². The lowest BCUT2D eigenvalue weighted by molar-refractivity contribution is -0.161. The molecular weight excluding hydrogens is 386 g/mol. The van der Waals surface area contributed by atoms with Crippen LogP contribution in [-0.4, -0.2) is 44.0 Å². The molecule has 0 aromatic heterocycles. The number of hydrogen-bond donors (Lipinski definition) is 1. The third kappa shape index (κ3) is 4.18. The summed E-state index contributed by atoms with van der Waals surface area (Å²) in [6, 6.07) is 11.2. The minimum absolute atomic E-state index is 0.0496. The fourth-order valence-corrected chi connectivity index (χ4v) is 2.80. The van der Waals surface area contributed by atoms with Crippen LogP contribution >= 0.6 is 0 Å². The fraction of sp³-hybridized carbons (Fsp3) is 0.353. The maximum atomic E-state index is 13.0. The zero-order chi connectivity index (χ0) is 19.7. The molecule has 1 aliphatic rings. The van der Waals surface area contributed by atoms with Crippen molar-refractivity contribution >= 4 is 26.9 Å². The molecule has 1 atom stereocenters. The van der Waals surface area contributed by atoms with Crippen molar-refractivity contribution in [3.8, 4) is 5.75 Å². The van der Waals surface area contributed by atoms with Crippen LogP contribution in [0.2, 0.25) is 0 Å². The number of carbonyl (C=O) groups excluding carboxylic acids is 1. The smallest absolute Gasteiger partial charge is 0.465 e. The van der Waals surface area contributed by atoms with Gasteiger partial charge in [-0.1, -0.05) is 30.3 Å². The molecule has 1 fully saturated rings. The Kier molecular flexibility index (Phi) is 5.31. The van der Waals surface area contributed by atoms with Crippen LogP contribution in [0.1, 0.15) is 18.1 Å². The van der Waals surface area contributed by atoms with Crippen LogP contribution in [0.5, 0.6) is 5.75 Å². The Morgan fingerprint density at radius 2 is 1.85 bits per heavy atom. The average molecular weight is 402 g/mol. The lowest BCUT2D eigenvalue weighted by Crippen LogP contribution is -2.39. The van der Waals surface area contributed by atoms with Gasteiger partial charge < -0.3 is 14.2 Å². The maximum Gasteiger partial charge on any atom is 0.465 e. The monoisotopic (exact) mass is 402 g/mol. The highest BCUT2D eigenvalue weighted by atomic mass is 32.2. The molecule has 0 bridgehead atoms. The number of fused-ring (bicyclic) bond motifs is 1. The van der Waals surface area contributed by atoms with Gasteiger partial charge in [-0.25, -0.2) is 4.79 Å². The number of epoxide rings is 1. The van der Waals surface area contributed by atoms with E-state index in [9.17, 15) is 22.0 Å². The molecule has 1 saturated heterocycles. The molecule has 1 N–H and O–H groups in total. The molecule has 27 heavy (non-hydrogen) atoms. The summed E-state index contributed by atoms with van der Waals surface area (Å²) >= 11 is 0. The lowest BCUT2D eigenvalue weighted by atomic mass is 10.0. The van der Waals surface area contributed by atoms with E-state index in [0.717, 1.165) is 16.3 Å². The molecule has 146 valence electrons. The molecule has 0 spiro atoms. The summed E-state index contributed by atoms with van der Waals surface area (Å²) in [6.07, 6.45) is 0.127. The van der Waals surface area contributed by atoms with E-state index in [4.69, 9.17) is 14.0 Å². The van der Waals surface area contributed by atoms with Crippen molar-refractivity contribution in [2.45, 2.75) is 17.8 Å². The van der Waals surface area contributed by atoms with E-state index in [1.807, 2.05) is 30.3 Å². The summed E-state index contributed by atoms with van der Waals surface area (Å²) < 4.78 is 70.4. The average Bonchev–Trinajstić information content (AvgIpc) is 3.44. The van der Waals surface area contributed by atoms with Gasteiger partial charge in [0.1, 0.15) is 11.9 Å². The van der Waals surface area contributed by atoms with Gasteiger partial charge in [0.05, 0.1) is 19.8 Å². The first-order valence-electron chi connectivity index (χ1n) is 8.00. The van der Waals surface area contributed by atoms with Gasteiger partial charge >= 0.3 is 21.3 Å². The molecule has 0 radical (unpaired) electrons. The second kappa shape index (κ2) is 7.37. The molecular formula is C17H16F2O7S. The minimum atomic E-state index is -5.87. The van der Waals surface area contributed by atoms with Gasteiger partial charge in [0.25, 0.3) is 0 Å². The Morgan fingerprint density at radius 3 is 2.52 bits per heavy atom. The van der Waals surface area contributed by atoms with Gasteiger partial charge in [-0.2, -0.15) is 17.2 Å². The Labute approximate surface area is 153 Å². The van der Waals surface area contributed by atoms with E-state index >= 15 is 0 Å². The van der Waals surface area contributed by atoms with Gasteiger partial charge in [-0.3, -0.25) is 4.55 Å². The third-order valence-electron chi connectivity index (χ3n) is 3.94. The molecule has 2 aromatic carbocycles. The minimum Gasteiger partial charge on any atom is -0.493 e. The SMILES string of the molecule is O=C(OCCCOc1cccc2c(C3CO3)cccc12)C(F)(F)S(=O)(=O)O. The molecule has 10 heteroatoms. The molecule has 3 rings (SSSR count). The Morgan fingerprint density at radius 1 is 1.19 bits per heavy atom. The summed E-state index contributed by atoms with van der Waals surface area (Å²) in [5.74, 6) is -1.76. The molecule has 0 amide bonds. The van der Waals surface area contributed by atoms with Crippen molar-refractivity contribution in [2.24, 2.45) is 0 Å². The summed E-state index contributed by atoms with van der Waals surface area (Å²) in [5.41, 5.74) is 1.05. The number of halogens is 2. The molecule has 7 nitrogen and oxygen atoms in total. The number of hydrogen-bond acceptors (Lipinski definition) is 6. The van der Waals surface area contributed by atoms with Crippen molar-refractivity contribution in [2.75, 3.05) is 19.8 Å². The molecule has 2 aromatic rings. The normalized spacial score (nSPS) is 16.9. The summed E-state index contributed by atoms with van der Waals surface area (Å²) in [5, 5.41) is -3.15. The van der Waals surface area contributed by atoms with Crippen molar-refractivity contribution < 1.29 is 40.8 Å². The van der Waals surface area contributed by atoms with Crippen molar-refractivity contribution in [3.05, 3.63) is 42.0 Å². The highest BCUT2D eigenvalue weighted by molar-refractivity contribution is 7.87. The number of rotatable bonds is 8. The van der Waals surface area contributed by atoms with Crippen LogP contribution < -0.4 is 4.74 Å². The lowest BCUT2D eigenvalue weighted by Gasteiger charge is -2.13. The van der Waals surface area contributed by atoms with Crippen LogP contribution in [-0.2, 0) is 24.4 Å². The Bertz CT molecular complexity index is 955. The van der Waals surface area contributed by atoms with Crippen LogP contribution in [0.25, 0.3) is 10.8 Å². The van der Waals surface area contributed by atoms with Crippen LogP contribution in [0.3, 0.4) is 0 Å². The van der Waals surface area contributed by atoms with Crippen LogP contribution in [0.15, 0.2) is 36.4 Å². The van der Waals surface area contributed by atoms with Gasteiger partial charge in [0.15, 0.2) is 0 Å². The van der Waals surface area contributed by atoms with Gasteiger partial charge in [0, 0.05) is 11.8 Å².